The second kappa shape index (κ2) is 5.81. The van der Waals surface area contributed by atoms with Gasteiger partial charge in [0.25, 0.3) is 0 Å². The van der Waals surface area contributed by atoms with E-state index in [0.717, 1.165) is 32.1 Å². The number of carbonyl (C=O) groups is 1. The van der Waals surface area contributed by atoms with Gasteiger partial charge in [-0.25, -0.2) is 4.79 Å². The fourth-order valence-corrected chi connectivity index (χ4v) is 1.56. The summed E-state index contributed by atoms with van der Waals surface area (Å²) in [5.74, 6) is -0.418. The highest BCUT2D eigenvalue weighted by Gasteiger charge is 2.19. The molecule has 0 unspecified atom stereocenters. The predicted molar refractivity (Wildman–Crippen MR) is 53.5 cm³/mol. The molecule has 0 aliphatic heterocycles. The molecule has 0 radical (unpaired) electrons. The average Bonchev–Trinajstić information content (AvgIpc) is 2.67. The summed E-state index contributed by atoms with van der Waals surface area (Å²) >= 11 is 0. The summed E-state index contributed by atoms with van der Waals surface area (Å²) in [6.45, 7) is 5.63. The molecule has 14 heavy (non-hydrogen) atoms. The van der Waals surface area contributed by atoms with E-state index in [4.69, 9.17) is 9.78 Å². The van der Waals surface area contributed by atoms with Crippen LogP contribution in [0.2, 0.25) is 0 Å². The van der Waals surface area contributed by atoms with Crippen LogP contribution in [0.4, 0.5) is 0 Å². The van der Waals surface area contributed by atoms with Crippen molar-refractivity contribution in [1.82, 2.24) is 0 Å². The second-order valence-corrected chi connectivity index (χ2v) is 3.73. The van der Waals surface area contributed by atoms with Crippen LogP contribution in [0.15, 0.2) is 12.2 Å². The Bertz CT molecular complexity index is 205. The van der Waals surface area contributed by atoms with Gasteiger partial charge in [0.15, 0.2) is 0 Å². The van der Waals surface area contributed by atoms with Crippen molar-refractivity contribution < 1.29 is 14.6 Å². The molecule has 1 aliphatic carbocycles. The van der Waals surface area contributed by atoms with Gasteiger partial charge in [0, 0.05) is 5.57 Å². The van der Waals surface area contributed by atoms with E-state index < -0.39 is 5.97 Å². The highest BCUT2D eigenvalue weighted by molar-refractivity contribution is 5.87. The zero-order valence-electron chi connectivity index (χ0n) is 8.75. The third-order valence-electron chi connectivity index (χ3n) is 2.40. The summed E-state index contributed by atoms with van der Waals surface area (Å²) < 4.78 is 0. The molecule has 0 aromatic heterocycles. The Kier molecular flexibility index (Phi) is 4.66. The van der Waals surface area contributed by atoms with Gasteiger partial charge in [0.1, 0.15) is 6.10 Å². The monoisotopic (exact) mass is 198 g/mol. The maximum atomic E-state index is 11.2. The molecule has 1 rings (SSSR count). The van der Waals surface area contributed by atoms with Gasteiger partial charge in [-0.1, -0.05) is 32.8 Å². The molecule has 1 fully saturated rings. The number of hydrogen-bond donors (Lipinski definition) is 0. The Labute approximate surface area is 85.0 Å². The number of rotatable bonds is 5. The maximum absolute atomic E-state index is 11.2. The third-order valence-corrected chi connectivity index (χ3v) is 2.40. The minimum atomic E-state index is -0.418. The Morgan fingerprint density at radius 1 is 1.43 bits per heavy atom. The van der Waals surface area contributed by atoms with Crippen molar-refractivity contribution in [2.75, 3.05) is 0 Å². The highest BCUT2D eigenvalue weighted by atomic mass is 17.2. The predicted octanol–water partition coefficient (Wildman–Crippen LogP) is 2.76. The molecule has 3 heteroatoms. The van der Waals surface area contributed by atoms with Crippen LogP contribution in [0.3, 0.4) is 0 Å². The zero-order valence-corrected chi connectivity index (χ0v) is 8.75. The average molecular weight is 198 g/mol. The lowest BCUT2D eigenvalue weighted by Gasteiger charge is -2.09. The number of hydrogen-bond acceptors (Lipinski definition) is 3. The van der Waals surface area contributed by atoms with Gasteiger partial charge in [-0.15, -0.1) is 0 Å². The first-order valence-corrected chi connectivity index (χ1v) is 5.29. The molecule has 0 aromatic carbocycles. The molecule has 3 nitrogen and oxygen atoms in total. The zero-order chi connectivity index (χ0) is 10.4. The molecule has 0 amide bonds. The summed E-state index contributed by atoms with van der Waals surface area (Å²) in [5, 5.41) is 0. The highest BCUT2D eigenvalue weighted by Crippen LogP contribution is 2.21. The van der Waals surface area contributed by atoms with Crippen molar-refractivity contribution in [3.63, 3.8) is 0 Å². The van der Waals surface area contributed by atoms with Crippen LogP contribution in [0.25, 0.3) is 0 Å². The fraction of sp³-hybridized carbons (Fsp3) is 0.727. The lowest BCUT2D eigenvalue weighted by Crippen LogP contribution is -2.14. The van der Waals surface area contributed by atoms with Crippen molar-refractivity contribution in [3.8, 4) is 0 Å². The molecule has 0 spiro atoms. The van der Waals surface area contributed by atoms with Crippen molar-refractivity contribution >= 4 is 5.97 Å². The molecule has 0 bridgehead atoms. The van der Waals surface area contributed by atoms with Gasteiger partial charge in [-0.05, 0) is 19.3 Å². The lowest BCUT2D eigenvalue weighted by molar-refractivity contribution is -0.293. The van der Waals surface area contributed by atoms with Gasteiger partial charge >= 0.3 is 5.97 Å². The van der Waals surface area contributed by atoms with E-state index in [0.29, 0.717) is 12.0 Å². The first-order valence-electron chi connectivity index (χ1n) is 5.29. The van der Waals surface area contributed by atoms with Crippen LogP contribution >= 0.6 is 0 Å². The van der Waals surface area contributed by atoms with E-state index in [9.17, 15) is 4.79 Å². The lowest BCUT2D eigenvalue weighted by atomic mass is 10.2. The molecule has 0 heterocycles. The Hall–Kier alpha value is -0.830. The van der Waals surface area contributed by atoms with Gasteiger partial charge in [0.05, 0.1) is 0 Å². The fourth-order valence-electron chi connectivity index (χ4n) is 1.56. The van der Waals surface area contributed by atoms with Crippen molar-refractivity contribution in [2.45, 2.75) is 51.6 Å². The van der Waals surface area contributed by atoms with Crippen molar-refractivity contribution in [2.24, 2.45) is 0 Å². The van der Waals surface area contributed by atoms with Crippen molar-refractivity contribution in [1.29, 1.82) is 0 Å². The van der Waals surface area contributed by atoms with Crippen LogP contribution in [-0.4, -0.2) is 12.1 Å². The van der Waals surface area contributed by atoms with Gasteiger partial charge < -0.3 is 0 Å². The summed E-state index contributed by atoms with van der Waals surface area (Å²) in [7, 11) is 0. The van der Waals surface area contributed by atoms with Crippen LogP contribution in [0, 0.1) is 0 Å². The van der Waals surface area contributed by atoms with Gasteiger partial charge in [-0.3, -0.25) is 4.89 Å². The van der Waals surface area contributed by atoms with Gasteiger partial charge in [0.2, 0.25) is 0 Å². The minimum Gasteiger partial charge on any atom is -0.293 e. The molecule has 1 saturated carbocycles. The molecular weight excluding hydrogens is 180 g/mol. The molecule has 0 aromatic rings. The van der Waals surface area contributed by atoms with Crippen molar-refractivity contribution in [3.05, 3.63) is 12.2 Å². The molecule has 80 valence electrons. The van der Waals surface area contributed by atoms with E-state index in [1.807, 2.05) is 6.92 Å². The second-order valence-electron chi connectivity index (χ2n) is 3.73. The molecule has 1 aliphatic rings. The normalized spacial score (nSPS) is 16.9. The van der Waals surface area contributed by atoms with E-state index in [1.54, 1.807) is 0 Å². The summed E-state index contributed by atoms with van der Waals surface area (Å²) in [6, 6.07) is 0. The SMILES string of the molecule is C=C(CCC)C(=O)OOC1CCCC1. The quantitative estimate of drug-likeness (QED) is 0.387. The van der Waals surface area contributed by atoms with Gasteiger partial charge in [-0.2, -0.15) is 4.89 Å². The van der Waals surface area contributed by atoms with E-state index in [1.165, 1.54) is 0 Å². The Morgan fingerprint density at radius 2 is 2.07 bits per heavy atom. The van der Waals surface area contributed by atoms with Crippen LogP contribution in [0.5, 0.6) is 0 Å². The molecule has 0 saturated heterocycles. The standard InChI is InChI=1S/C11H18O3/c1-3-6-9(2)11(12)14-13-10-7-4-5-8-10/h10H,2-8H2,1H3. The Balaban J connectivity index is 2.16. The topological polar surface area (TPSA) is 35.5 Å². The Morgan fingerprint density at radius 3 is 2.64 bits per heavy atom. The molecular formula is C11H18O3. The first-order chi connectivity index (χ1) is 6.74. The summed E-state index contributed by atoms with van der Waals surface area (Å²) in [5.41, 5.74) is 0.491. The van der Waals surface area contributed by atoms with Crippen LogP contribution in [-0.2, 0) is 14.6 Å². The van der Waals surface area contributed by atoms with Crippen LogP contribution < -0.4 is 0 Å². The smallest absolute Gasteiger partial charge is 0.293 e. The van der Waals surface area contributed by atoms with E-state index in [-0.39, 0.29) is 6.10 Å². The summed E-state index contributed by atoms with van der Waals surface area (Å²) in [6.07, 6.45) is 6.00. The largest absolute Gasteiger partial charge is 0.368 e. The maximum Gasteiger partial charge on any atom is 0.368 e. The first kappa shape index (κ1) is 11.2. The van der Waals surface area contributed by atoms with Crippen LogP contribution in [0.1, 0.15) is 45.4 Å². The number of carbonyl (C=O) groups excluding carboxylic acids is 1. The minimum absolute atomic E-state index is 0.105. The summed E-state index contributed by atoms with van der Waals surface area (Å²) in [4.78, 5) is 21.0. The molecule has 0 atom stereocenters. The van der Waals surface area contributed by atoms with E-state index >= 15 is 0 Å². The third kappa shape index (κ3) is 3.50. The molecule has 0 N–H and O–H groups in total. The van der Waals surface area contributed by atoms with E-state index in [2.05, 4.69) is 6.58 Å².